The summed E-state index contributed by atoms with van der Waals surface area (Å²) < 4.78 is 10.9. The Morgan fingerprint density at radius 1 is 1.37 bits per heavy atom. The molecule has 104 valence electrons. The molecular formula is C14H20N2O3. The van der Waals surface area contributed by atoms with Crippen molar-refractivity contribution in [1.29, 1.82) is 0 Å². The summed E-state index contributed by atoms with van der Waals surface area (Å²) in [4.78, 5) is 12.0. The minimum Gasteiger partial charge on any atom is -0.486 e. The Morgan fingerprint density at radius 2 is 2.11 bits per heavy atom. The predicted octanol–water partition coefficient (Wildman–Crippen LogP) is 1.31. The third-order valence-corrected chi connectivity index (χ3v) is 3.13. The summed E-state index contributed by atoms with van der Waals surface area (Å²) in [6, 6.07) is 5.36. The summed E-state index contributed by atoms with van der Waals surface area (Å²) >= 11 is 0. The molecule has 1 unspecified atom stereocenters. The van der Waals surface area contributed by atoms with E-state index in [1.807, 2.05) is 6.92 Å². The third kappa shape index (κ3) is 3.61. The van der Waals surface area contributed by atoms with Gasteiger partial charge in [-0.15, -0.1) is 0 Å². The molecule has 3 N–H and O–H groups in total. The number of benzene rings is 1. The quantitative estimate of drug-likeness (QED) is 0.841. The molecule has 0 aromatic heterocycles. The van der Waals surface area contributed by atoms with Crippen molar-refractivity contribution < 1.29 is 14.3 Å². The second kappa shape index (κ2) is 6.43. The highest BCUT2D eigenvalue weighted by Crippen LogP contribution is 2.30. The molecule has 19 heavy (non-hydrogen) atoms. The molecule has 2 rings (SSSR count). The number of fused-ring (bicyclic) bond motifs is 1. The van der Waals surface area contributed by atoms with Gasteiger partial charge in [-0.1, -0.05) is 6.92 Å². The molecule has 0 saturated carbocycles. The molecule has 5 nitrogen and oxygen atoms in total. The van der Waals surface area contributed by atoms with E-state index in [4.69, 9.17) is 15.2 Å². The van der Waals surface area contributed by atoms with Crippen LogP contribution in [0.15, 0.2) is 18.2 Å². The maximum atomic E-state index is 12.0. The van der Waals surface area contributed by atoms with Gasteiger partial charge in [-0.2, -0.15) is 0 Å². The van der Waals surface area contributed by atoms with Gasteiger partial charge in [-0.05, 0) is 31.0 Å². The molecule has 1 aromatic carbocycles. The number of ether oxygens (including phenoxy) is 2. The van der Waals surface area contributed by atoms with Crippen LogP contribution in [0.4, 0.5) is 0 Å². The fourth-order valence-corrected chi connectivity index (χ4v) is 1.86. The Kier molecular flexibility index (Phi) is 4.63. The number of hydrogen-bond acceptors (Lipinski definition) is 4. The van der Waals surface area contributed by atoms with E-state index in [2.05, 4.69) is 5.32 Å². The van der Waals surface area contributed by atoms with Crippen molar-refractivity contribution >= 4 is 5.91 Å². The largest absolute Gasteiger partial charge is 0.486 e. The first-order chi connectivity index (χ1) is 9.20. The topological polar surface area (TPSA) is 73.6 Å². The Labute approximate surface area is 113 Å². The molecule has 0 saturated heterocycles. The second-order valence-electron chi connectivity index (χ2n) is 4.57. The average molecular weight is 264 g/mol. The highest BCUT2D eigenvalue weighted by atomic mass is 16.6. The lowest BCUT2D eigenvalue weighted by atomic mass is 10.1. The number of carbonyl (C=O) groups is 1. The number of amides is 1. The van der Waals surface area contributed by atoms with E-state index in [9.17, 15) is 4.79 Å². The van der Waals surface area contributed by atoms with Crippen molar-refractivity contribution in [2.75, 3.05) is 19.8 Å². The van der Waals surface area contributed by atoms with Crippen LogP contribution in [0.1, 0.15) is 30.1 Å². The molecule has 1 aliphatic rings. The standard InChI is InChI=1S/C14H20N2O3/c1-2-11(15)5-6-16-14(17)10-3-4-12-13(9-10)19-8-7-18-12/h3-4,9,11H,2,5-8,15H2,1H3,(H,16,17). The van der Waals surface area contributed by atoms with E-state index in [0.29, 0.717) is 36.8 Å². The van der Waals surface area contributed by atoms with Crippen LogP contribution in [-0.4, -0.2) is 31.7 Å². The summed E-state index contributed by atoms with van der Waals surface area (Å²) in [5.74, 6) is 1.21. The summed E-state index contributed by atoms with van der Waals surface area (Å²) in [5.41, 5.74) is 6.38. The SMILES string of the molecule is CCC(N)CCNC(=O)c1ccc2c(c1)OCCO2. The van der Waals surface area contributed by atoms with Crippen LogP contribution >= 0.6 is 0 Å². The van der Waals surface area contributed by atoms with Gasteiger partial charge in [-0.25, -0.2) is 0 Å². The van der Waals surface area contributed by atoms with E-state index >= 15 is 0 Å². The molecular weight excluding hydrogens is 244 g/mol. The van der Waals surface area contributed by atoms with Crippen molar-refractivity contribution in [2.24, 2.45) is 5.73 Å². The highest BCUT2D eigenvalue weighted by Gasteiger charge is 2.14. The molecule has 1 aliphatic heterocycles. The zero-order chi connectivity index (χ0) is 13.7. The minimum absolute atomic E-state index is 0.111. The van der Waals surface area contributed by atoms with Crippen LogP contribution in [0, 0.1) is 0 Å². The molecule has 0 bridgehead atoms. The van der Waals surface area contributed by atoms with Gasteiger partial charge in [0.2, 0.25) is 0 Å². The van der Waals surface area contributed by atoms with Gasteiger partial charge < -0.3 is 20.5 Å². The van der Waals surface area contributed by atoms with Gasteiger partial charge in [0.15, 0.2) is 11.5 Å². The Balaban J connectivity index is 1.92. The zero-order valence-electron chi connectivity index (χ0n) is 11.1. The van der Waals surface area contributed by atoms with E-state index < -0.39 is 0 Å². The molecule has 0 radical (unpaired) electrons. The van der Waals surface area contributed by atoms with Gasteiger partial charge in [0.25, 0.3) is 5.91 Å². The average Bonchev–Trinajstić information content (AvgIpc) is 2.46. The fraction of sp³-hybridized carbons (Fsp3) is 0.500. The Morgan fingerprint density at radius 3 is 2.84 bits per heavy atom. The minimum atomic E-state index is -0.111. The normalized spacial score (nSPS) is 14.8. The monoisotopic (exact) mass is 264 g/mol. The number of hydrogen-bond donors (Lipinski definition) is 2. The molecule has 1 atom stereocenters. The van der Waals surface area contributed by atoms with Crippen LogP contribution < -0.4 is 20.5 Å². The first-order valence-corrected chi connectivity index (χ1v) is 6.64. The van der Waals surface area contributed by atoms with Crippen LogP contribution in [-0.2, 0) is 0 Å². The van der Waals surface area contributed by atoms with Gasteiger partial charge in [-0.3, -0.25) is 4.79 Å². The van der Waals surface area contributed by atoms with Crippen molar-refractivity contribution in [3.63, 3.8) is 0 Å². The molecule has 1 amide bonds. The summed E-state index contributed by atoms with van der Waals surface area (Å²) in [7, 11) is 0. The van der Waals surface area contributed by atoms with Gasteiger partial charge in [0.1, 0.15) is 13.2 Å². The maximum Gasteiger partial charge on any atom is 0.251 e. The maximum absolute atomic E-state index is 12.0. The van der Waals surface area contributed by atoms with Crippen LogP contribution in [0.3, 0.4) is 0 Å². The van der Waals surface area contributed by atoms with Gasteiger partial charge >= 0.3 is 0 Å². The van der Waals surface area contributed by atoms with Crippen molar-refractivity contribution in [1.82, 2.24) is 5.32 Å². The fourth-order valence-electron chi connectivity index (χ4n) is 1.86. The van der Waals surface area contributed by atoms with E-state index in [0.717, 1.165) is 12.8 Å². The lowest BCUT2D eigenvalue weighted by Gasteiger charge is -2.18. The number of rotatable bonds is 5. The summed E-state index contributed by atoms with van der Waals surface area (Å²) in [5, 5.41) is 2.86. The number of carbonyl (C=O) groups excluding carboxylic acids is 1. The smallest absolute Gasteiger partial charge is 0.251 e. The Hall–Kier alpha value is -1.75. The predicted molar refractivity (Wildman–Crippen MR) is 72.6 cm³/mol. The third-order valence-electron chi connectivity index (χ3n) is 3.13. The second-order valence-corrected chi connectivity index (χ2v) is 4.57. The van der Waals surface area contributed by atoms with Crippen LogP contribution in [0.25, 0.3) is 0 Å². The summed E-state index contributed by atoms with van der Waals surface area (Å²) in [6.07, 6.45) is 1.70. The molecule has 1 aromatic rings. The number of nitrogens with two attached hydrogens (primary N) is 1. The van der Waals surface area contributed by atoms with Crippen molar-refractivity contribution in [2.45, 2.75) is 25.8 Å². The van der Waals surface area contributed by atoms with E-state index in [-0.39, 0.29) is 11.9 Å². The highest BCUT2D eigenvalue weighted by molar-refractivity contribution is 5.94. The van der Waals surface area contributed by atoms with E-state index in [1.165, 1.54) is 0 Å². The molecule has 1 heterocycles. The van der Waals surface area contributed by atoms with Crippen LogP contribution in [0.5, 0.6) is 11.5 Å². The van der Waals surface area contributed by atoms with Gasteiger partial charge in [0, 0.05) is 18.2 Å². The van der Waals surface area contributed by atoms with Crippen molar-refractivity contribution in [3.8, 4) is 11.5 Å². The Bertz CT molecular complexity index is 448. The lowest BCUT2D eigenvalue weighted by molar-refractivity contribution is 0.0951. The first kappa shape index (κ1) is 13.7. The van der Waals surface area contributed by atoms with Crippen molar-refractivity contribution in [3.05, 3.63) is 23.8 Å². The summed E-state index contributed by atoms with van der Waals surface area (Å²) in [6.45, 7) is 3.69. The molecule has 0 spiro atoms. The van der Waals surface area contributed by atoms with Gasteiger partial charge in [0.05, 0.1) is 0 Å². The zero-order valence-corrected chi connectivity index (χ0v) is 11.1. The molecule has 5 heteroatoms. The lowest BCUT2D eigenvalue weighted by Crippen LogP contribution is -2.30. The first-order valence-electron chi connectivity index (χ1n) is 6.64. The molecule has 0 fully saturated rings. The van der Waals surface area contributed by atoms with Crippen LogP contribution in [0.2, 0.25) is 0 Å². The molecule has 0 aliphatic carbocycles. The number of nitrogens with one attached hydrogen (secondary N) is 1. The van der Waals surface area contributed by atoms with E-state index in [1.54, 1.807) is 18.2 Å².